The summed E-state index contributed by atoms with van der Waals surface area (Å²) in [4.78, 5) is 14.7. The molecule has 1 aliphatic carbocycles. The fourth-order valence-electron chi connectivity index (χ4n) is 3.43. The molecule has 0 bridgehead atoms. The monoisotopic (exact) mass is 274 g/mol. The zero-order valence-electron chi connectivity index (χ0n) is 12.0. The molecule has 1 fully saturated rings. The second-order valence-corrected chi connectivity index (χ2v) is 6.03. The van der Waals surface area contributed by atoms with E-state index in [1.165, 1.54) is 11.1 Å². The molecule has 1 amide bonds. The molecule has 0 unspecified atom stereocenters. The fraction of sp³-hybridized carbons (Fsp3) is 0.562. The minimum absolute atomic E-state index is 0.0791. The number of methoxy groups -OCH3 is 1. The van der Waals surface area contributed by atoms with E-state index in [-0.39, 0.29) is 12.0 Å². The molecule has 2 aliphatic rings. The number of carbonyl (C=O) groups excluding carboxylic acids is 1. The van der Waals surface area contributed by atoms with Gasteiger partial charge in [0.05, 0.1) is 6.10 Å². The van der Waals surface area contributed by atoms with E-state index >= 15 is 0 Å². The first-order valence-electron chi connectivity index (χ1n) is 7.30. The van der Waals surface area contributed by atoms with Gasteiger partial charge in [-0.1, -0.05) is 24.3 Å². The first-order valence-corrected chi connectivity index (χ1v) is 7.30. The Hall–Kier alpha value is -1.39. The number of amides is 1. The number of rotatable bonds is 2. The number of hydrogen-bond donors (Lipinski definition) is 1. The maximum Gasteiger partial charge on any atom is 0.243 e. The molecule has 1 heterocycles. The largest absolute Gasteiger partial charge is 0.380 e. The zero-order valence-corrected chi connectivity index (χ0v) is 12.0. The van der Waals surface area contributed by atoms with Crippen molar-refractivity contribution in [1.82, 2.24) is 4.90 Å². The van der Waals surface area contributed by atoms with Crippen LogP contribution >= 0.6 is 0 Å². The van der Waals surface area contributed by atoms with E-state index in [0.29, 0.717) is 19.4 Å². The molecule has 1 aliphatic heterocycles. The van der Waals surface area contributed by atoms with Crippen LogP contribution in [-0.2, 0) is 22.4 Å². The third-order valence-corrected chi connectivity index (χ3v) is 4.55. The average Bonchev–Trinajstić information content (AvgIpc) is 2.84. The number of hydrogen-bond acceptors (Lipinski definition) is 3. The summed E-state index contributed by atoms with van der Waals surface area (Å²) in [7, 11) is 1.71. The molecule has 4 nitrogen and oxygen atoms in total. The van der Waals surface area contributed by atoms with E-state index in [4.69, 9.17) is 10.5 Å². The van der Waals surface area contributed by atoms with E-state index in [2.05, 4.69) is 12.1 Å². The first kappa shape index (κ1) is 13.6. The molecule has 4 heteroatoms. The maximum atomic E-state index is 12.8. The van der Waals surface area contributed by atoms with Crippen molar-refractivity contribution < 1.29 is 9.53 Å². The molecule has 0 spiro atoms. The van der Waals surface area contributed by atoms with E-state index in [0.717, 1.165) is 19.4 Å². The highest BCUT2D eigenvalue weighted by Crippen LogP contribution is 2.30. The normalized spacial score (nSPS) is 24.5. The van der Waals surface area contributed by atoms with Crippen molar-refractivity contribution in [3.8, 4) is 0 Å². The molecule has 2 N–H and O–H groups in total. The molecule has 1 saturated heterocycles. The predicted molar refractivity (Wildman–Crippen MR) is 77.4 cm³/mol. The summed E-state index contributed by atoms with van der Waals surface area (Å²) in [5, 5.41) is 0. The molecule has 108 valence electrons. The van der Waals surface area contributed by atoms with Crippen LogP contribution < -0.4 is 5.73 Å². The molecule has 0 saturated carbocycles. The Bertz CT molecular complexity index is 490. The number of ether oxygens (including phenoxy) is 1. The Balaban J connectivity index is 1.75. The minimum Gasteiger partial charge on any atom is -0.380 e. The summed E-state index contributed by atoms with van der Waals surface area (Å²) in [5.41, 5.74) is 8.10. The minimum atomic E-state index is -0.765. The Labute approximate surface area is 119 Å². The molecule has 1 aromatic carbocycles. The molecule has 20 heavy (non-hydrogen) atoms. The Morgan fingerprint density at radius 3 is 2.60 bits per heavy atom. The molecular weight excluding hydrogens is 252 g/mol. The number of nitrogens with zero attached hydrogens (tertiary/aromatic N) is 1. The van der Waals surface area contributed by atoms with Gasteiger partial charge in [-0.3, -0.25) is 4.79 Å². The van der Waals surface area contributed by atoms with Gasteiger partial charge in [0, 0.05) is 20.2 Å². The third kappa shape index (κ3) is 2.34. The number of likely N-dealkylation sites (tertiary alicyclic amines) is 1. The summed E-state index contributed by atoms with van der Waals surface area (Å²) < 4.78 is 5.39. The van der Waals surface area contributed by atoms with E-state index in [1.807, 2.05) is 17.0 Å². The summed E-state index contributed by atoms with van der Waals surface area (Å²) in [6.45, 7) is 1.47. The lowest BCUT2D eigenvalue weighted by Gasteiger charge is -2.36. The van der Waals surface area contributed by atoms with Crippen molar-refractivity contribution in [2.45, 2.75) is 37.3 Å². The van der Waals surface area contributed by atoms with Crippen LogP contribution in [0.3, 0.4) is 0 Å². The van der Waals surface area contributed by atoms with Crippen LogP contribution in [0.25, 0.3) is 0 Å². The number of piperidine rings is 1. The van der Waals surface area contributed by atoms with Crippen LogP contribution in [-0.4, -0.2) is 42.6 Å². The van der Waals surface area contributed by atoms with Gasteiger partial charge < -0.3 is 15.4 Å². The highest BCUT2D eigenvalue weighted by atomic mass is 16.5. The topological polar surface area (TPSA) is 55.6 Å². The van der Waals surface area contributed by atoms with Crippen molar-refractivity contribution in [1.29, 1.82) is 0 Å². The van der Waals surface area contributed by atoms with Gasteiger partial charge >= 0.3 is 0 Å². The number of benzene rings is 1. The highest BCUT2D eigenvalue weighted by molar-refractivity contribution is 5.88. The van der Waals surface area contributed by atoms with Gasteiger partial charge in [-0.15, -0.1) is 0 Å². The summed E-state index contributed by atoms with van der Waals surface area (Å²) in [6, 6.07) is 8.17. The SMILES string of the molecule is CO[C@@H]1CCCN(C(=O)C2(N)Cc3ccccc3C2)C1. The fourth-order valence-corrected chi connectivity index (χ4v) is 3.43. The molecule has 1 aromatic rings. The Morgan fingerprint density at radius 2 is 2.00 bits per heavy atom. The van der Waals surface area contributed by atoms with Crippen LogP contribution in [0, 0.1) is 0 Å². The summed E-state index contributed by atoms with van der Waals surface area (Å²) in [5.74, 6) is 0.0791. The van der Waals surface area contributed by atoms with Crippen LogP contribution in [0.5, 0.6) is 0 Å². The van der Waals surface area contributed by atoms with Crippen LogP contribution in [0.2, 0.25) is 0 Å². The van der Waals surface area contributed by atoms with Crippen molar-refractivity contribution >= 4 is 5.91 Å². The van der Waals surface area contributed by atoms with Gasteiger partial charge in [-0.05, 0) is 36.8 Å². The second kappa shape index (κ2) is 5.19. The van der Waals surface area contributed by atoms with Crippen LogP contribution in [0.4, 0.5) is 0 Å². The average molecular weight is 274 g/mol. The lowest BCUT2D eigenvalue weighted by Crippen LogP contribution is -2.58. The molecule has 3 rings (SSSR count). The lowest BCUT2D eigenvalue weighted by molar-refractivity contribution is -0.140. The Kier molecular flexibility index (Phi) is 3.52. The second-order valence-electron chi connectivity index (χ2n) is 6.03. The molecule has 0 radical (unpaired) electrons. The van der Waals surface area contributed by atoms with Crippen LogP contribution in [0.15, 0.2) is 24.3 Å². The first-order chi connectivity index (χ1) is 9.62. The van der Waals surface area contributed by atoms with Gasteiger partial charge in [0.15, 0.2) is 0 Å². The van der Waals surface area contributed by atoms with E-state index in [9.17, 15) is 4.79 Å². The molecule has 0 aromatic heterocycles. The number of carbonyl (C=O) groups is 1. The quantitative estimate of drug-likeness (QED) is 0.879. The maximum absolute atomic E-state index is 12.8. The van der Waals surface area contributed by atoms with Crippen molar-refractivity contribution in [2.24, 2.45) is 5.73 Å². The van der Waals surface area contributed by atoms with E-state index in [1.54, 1.807) is 7.11 Å². The van der Waals surface area contributed by atoms with Crippen LogP contribution in [0.1, 0.15) is 24.0 Å². The van der Waals surface area contributed by atoms with Crippen molar-refractivity contribution in [3.63, 3.8) is 0 Å². The van der Waals surface area contributed by atoms with Gasteiger partial charge in [0.1, 0.15) is 5.54 Å². The van der Waals surface area contributed by atoms with Gasteiger partial charge in [0.25, 0.3) is 0 Å². The van der Waals surface area contributed by atoms with E-state index < -0.39 is 5.54 Å². The summed E-state index contributed by atoms with van der Waals surface area (Å²) >= 11 is 0. The zero-order chi connectivity index (χ0) is 14.2. The van der Waals surface area contributed by atoms with Gasteiger partial charge in [0.2, 0.25) is 5.91 Å². The number of fused-ring (bicyclic) bond motifs is 1. The molecular formula is C16H22N2O2. The lowest BCUT2D eigenvalue weighted by atomic mass is 9.93. The number of nitrogens with two attached hydrogens (primary N) is 1. The smallest absolute Gasteiger partial charge is 0.243 e. The van der Waals surface area contributed by atoms with Gasteiger partial charge in [-0.2, -0.15) is 0 Å². The Morgan fingerprint density at radius 1 is 1.35 bits per heavy atom. The van der Waals surface area contributed by atoms with Crippen molar-refractivity contribution in [3.05, 3.63) is 35.4 Å². The van der Waals surface area contributed by atoms with Gasteiger partial charge in [-0.25, -0.2) is 0 Å². The standard InChI is InChI=1S/C16H22N2O2/c1-20-14-7-4-8-18(11-14)15(19)16(17)9-12-5-2-3-6-13(12)10-16/h2-3,5-6,14H,4,7-11,17H2,1H3/t14-/m1/s1. The third-order valence-electron chi connectivity index (χ3n) is 4.55. The van der Waals surface area contributed by atoms with Crippen molar-refractivity contribution in [2.75, 3.05) is 20.2 Å². The summed E-state index contributed by atoms with van der Waals surface area (Å²) in [6.07, 6.45) is 3.47. The molecule has 1 atom stereocenters. The highest BCUT2D eigenvalue weighted by Gasteiger charge is 2.43. The predicted octanol–water partition coefficient (Wildman–Crippen LogP) is 1.12.